The molecule has 2 heteroatoms. The first-order valence-corrected chi connectivity index (χ1v) is 6.46. The van der Waals surface area contributed by atoms with Crippen LogP contribution in [0.3, 0.4) is 0 Å². The van der Waals surface area contributed by atoms with Crippen LogP contribution in [-0.2, 0) is 4.79 Å². The van der Waals surface area contributed by atoms with Crippen LogP contribution in [0.5, 0.6) is 5.75 Å². The zero-order chi connectivity index (χ0) is 12.3. The molecule has 1 aliphatic rings. The molecule has 0 bridgehead atoms. The molecule has 1 aromatic rings. The Balaban J connectivity index is 2.09. The Morgan fingerprint density at radius 3 is 2.53 bits per heavy atom. The zero-order valence-corrected chi connectivity index (χ0v) is 10.6. The maximum Gasteiger partial charge on any atom is 0.140 e. The van der Waals surface area contributed by atoms with Gasteiger partial charge in [0.25, 0.3) is 0 Å². The molecule has 0 aliphatic heterocycles. The van der Waals surface area contributed by atoms with Crippen LogP contribution in [0.1, 0.15) is 44.6 Å². The highest BCUT2D eigenvalue weighted by molar-refractivity contribution is 5.86. The molecule has 0 amide bonds. The first kappa shape index (κ1) is 12.2. The molecule has 0 unspecified atom stereocenters. The molecule has 0 spiro atoms. The Labute approximate surface area is 103 Å². The minimum absolute atomic E-state index is 0.113. The lowest BCUT2D eigenvalue weighted by Crippen LogP contribution is -2.21. The highest BCUT2D eigenvalue weighted by Crippen LogP contribution is 2.33. The largest absolute Gasteiger partial charge is 0.494 e. The summed E-state index contributed by atoms with van der Waals surface area (Å²) in [5.41, 5.74) is 1.14. The third-order valence-electron chi connectivity index (χ3n) is 3.48. The van der Waals surface area contributed by atoms with Crippen LogP contribution in [0.15, 0.2) is 24.3 Å². The van der Waals surface area contributed by atoms with E-state index >= 15 is 0 Å². The van der Waals surface area contributed by atoms with E-state index in [-0.39, 0.29) is 5.92 Å². The summed E-state index contributed by atoms with van der Waals surface area (Å²) < 4.78 is 5.41. The van der Waals surface area contributed by atoms with Gasteiger partial charge in [-0.2, -0.15) is 0 Å². The Bertz CT molecular complexity index is 380. The van der Waals surface area contributed by atoms with Crippen LogP contribution in [-0.4, -0.2) is 12.4 Å². The summed E-state index contributed by atoms with van der Waals surface area (Å²) in [5, 5.41) is 0. The van der Waals surface area contributed by atoms with Crippen molar-refractivity contribution in [1.29, 1.82) is 0 Å². The maximum absolute atomic E-state index is 12.0. The normalized spacial score (nSPS) is 24.7. The third kappa shape index (κ3) is 2.87. The molecule has 0 saturated heterocycles. The van der Waals surface area contributed by atoms with Crippen molar-refractivity contribution >= 4 is 5.78 Å². The summed E-state index contributed by atoms with van der Waals surface area (Å²) in [4.78, 5) is 12.0. The van der Waals surface area contributed by atoms with Crippen molar-refractivity contribution in [1.82, 2.24) is 0 Å². The van der Waals surface area contributed by atoms with Gasteiger partial charge in [0, 0.05) is 12.3 Å². The Morgan fingerprint density at radius 2 is 1.94 bits per heavy atom. The second-order valence-electron chi connectivity index (χ2n) is 4.91. The molecule has 1 aromatic carbocycles. The summed E-state index contributed by atoms with van der Waals surface area (Å²) in [5.74, 6) is 1.95. The van der Waals surface area contributed by atoms with E-state index in [4.69, 9.17) is 4.74 Å². The highest BCUT2D eigenvalue weighted by Gasteiger charge is 2.27. The van der Waals surface area contributed by atoms with Gasteiger partial charge in [0.1, 0.15) is 11.5 Å². The van der Waals surface area contributed by atoms with Crippen molar-refractivity contribution < 1.29 is 9.53 Å². The van der Waals surface area contributed by atoms with E-state index in [2.05, 4.69) is 6.92 Å². The monoisotopic (exact) mass is 232 g/mol. The Kier molecular flexibility index (Phi) is 3.82. The van der Waals surface area contributed by atoms with Crippen LogP contribution >= 0.6 is 0 Å². The van der Waals surface area contributed by atoms with Crippen LogP contribution in [0, 0.1) is 5.92 Å². The van der Waals surface area contributed by atoms with Crippen LogP contribution in [0.2, 0.25) is 0 Å². The van der Waals surface area contributed by atoms with E-state index in [1.165, 1.54) is 0 Å². The van der Waals surface area contributed by atoms with Gasteiger partial charge in [-0.15, -0.1) is 0 Å². The molecule has 2 rings (SSSR count). The first-order chi connectivity index (χ1) is 8.20. The summed E-state index contributed by atoms with van der Waals surface area (Å²) in [7, 11) is 0. The lowest BCUT2D eigenvalue weighted by molar-refractivity contribution is -0.123. The molecule has 1 aliphatic carbocycles. The minimum Gasteiger partial charge on any atom is -0.494 e. The van der Waals surface area contributed by atoms with Crippen molar-refractivity contribution in [3.8, 4) is 5.75 Å². The number of carbonyl (C=O) groups excluding carboxylic acids is 1. The molecule has 0 N–H and O–H groups in total. The number of hydrogen-bond acceptors (Lipinski definition) is 2. The average Bonchev–Trinajstić information content (AvgIpc) is 2.31. The summed E-state index contributed by atoms with van der Waals surface area (Å²) >= 11 is 0. The van der Waals surface area contributed by atoms with E-state index in [1.54, 1.807) is 0 Å². The van der Waals surface area contributed by atoms with Crippen molar-refractivity contribution in [2.75, 3.05) is 6.61 Å². The number of benzene rings is 1. The Hall–Kier alpha value is -1.31. The number of ketones is 1. The topological polar surface area (TPSA) is 26.3 Å². The molecular formula is C15H20O2. The standard InChI is InChI=1S/C15H20O2/c1-3-17-13-7-5-12(6-8-13)14-9-4-11(2)10-15(14)16/h5-8,11,14H,3-4,9-10H2,1-2H3/t11-,14+/m0/s1. The van der Waals surface area contributed by atoms with Gasteiger partial charge in [0.15, 0.2) is 0 Å². The number of ether oxygens (including phenoxy) is 1. The molecule has 1 saturated carbocycles. The van der Waals surface area contributed by atoms with Gasteiger partial charge in [-0.1, -0.05) is 19.1 Å². The van der Waals surface area contributed by atoms with Crippen LogP contribution in [0.25, 0.3) is 0 Å². The van der Waals surface area contributed by atoms with Gasteiger partial charge in [0.05, 0.1) is 6.61 Å². The number of hydrogen-bond donors (Lipinski definition) is 0. The maximum atomic E-state index is 12.0. The molecule has 0 aromatic heterocycles. The van der Waals surface area contributed by atoms with Crippen molar-refractivity contribution in [2.45, 2.75) is 39.0 Å². The van der Waals surface area contributed by atoms with Gasteiger partial charge in [-0.3, -0.25) is 4.79 Å². The van der Waals surface area contributed by atoms with Gasteiger partial charge in [-0.05, 0) is 43.4 Å². The molecule has 0 heterocycles. The molecular weight excluding hydrogens is 212 g/mol. The summed E-state index contributed by atoms with van der Waals surface area (Å²) in [6.45, 7) is 4.81. The van der Waals surface area contributed by atoms with E-state index in [0.29, 0.717) is 18.3 Å². The van der Waals surface area contributed by atoms with Crippen LogP contribution < -0.4 is 4.74 Å². The average molecular weight is 232 g/mol. The third-order valence-corrected chi connectivity index (χ3v) is 3.48. The minimum atomic E-state index is 0.113. The van der Waals surface area contributed by atoms with Crippen molar-refractivity contribution in [3.63, 3.8) is 0 Å². The lowest BCUT2D eigenvalue weighted by atomic mass is 9.78. The van der Waals surface area contributed by atoms with Gasteiger partial charge in [0.2, 0.25) is 0 Å². The number of carbonyl (C=O) groups is 1. The fourth-order valence-electron chi connectivity index (χ4n) is 2.52. The summed E-state index contributed by atoms with van der Waals surface area (Å²) in [6.07, 6.45) is 2.88. The van der Waals surface area contributed by atoms with E-state index < -0.39 is 0 Å². The van der Waals surface area contributed by atoms with Crippen LogP contribution in [0.4, 0.5) is 0 Å². The van der Waals surface area contributed by atoms with E-state index in [9.17, 15) is 4.79 Å². The number of rotatable bonds is 3. The van der Waals surface area contributed by atoms with Gasteiger partial charge in [-0.25, -0.2) is 0 Å². The molecule has 92 valence electrons. The molecule has 2 nitrogen and oxygen atoms in total. The highest BCUT2D eigenvalue weighted by atomic mass is 16.5. The predicted molar refractivity (Wildman–Crippen MR) is 68.4 cm³/mol. The van der Waals surface area contributed by atoms with Gasteiger partial charge >= 0.3 is 0 Å². The number of Topliss-reactive ketones (excluding diaryl/α,β-unsaturated/α-hetero) is 1. The molecule has 1 fully saturated rings. The molecule has 17 heavy (non-hydrogen) atoms. The van der Waals surface area contributed by atoms with Crippen molar-refractivity contribution in [3.05, 3.63) is 29.8 Å². The first-order valence-electron chi connectivity index (χ1n) is 6.46. The van der Waals surface area contributed by atoms with Crippen molar-refractivity contribution in [2.24, 2.45) is 5.92 Å². The zero-order valence-electron chi connectivity index (χ0n) is 10.6. The smallest absolute Gasteiger partial charge is 0.140 e. The second-order valence-corrected chi connectivity index (χ2v) is 4.91. The molecule has 0 radical (unpaired) electrons. The fourth-order valence-corrected chi connectivity index (χ4v) is 2.52. The quantitative estimate of drug-likeness (QED) is 0.796. The predicted octanol–water partition coefficient (Wildman–Crippen LogP) is 3.56. The van der Waals surface area contributed by atoms with E-state index in [0.717, 1.165) is 30.6 Å². The molecule has 2 atom stereocenters. The SMILES string of the molecule is CCOc1ccc([C@H]2CC[C@H](C)CC2=O)cc1. The van der Waals surface area contributed by atoms with E-state index in [1.807, 2.05) is 31.2 Å². The van der Waals surface area contributed by atoms with Gasteiger partial charge < -0.3 is 4.74 Å². The second kappa shape index (κ2) is 5.35. The fraction of sp³-hybridized carbons (Fsp3) is 0.533. The summed E-state index contributed by atoms with van der Waals surface area (Å²) in [6, 6.07) is 7.99. The Morgan fingerprint density at radius 1 is 1.24 bits per heavy atom. The lowest BCUT2D eigenvalue weighted by Gasteiger charge is -2.25.